The van der Waals surface area contributed by atoms with Crippen LogP contribution in [0, 0.1) is 18.8 Å². The molecule has 0 unspecified atom stereocenters. The molecular weight excluding hydrogens is 456 g/mol. The first-order valence-electron chi connectivity index (χ1n) is 10.3. The number of rotatable bonds is 6. The van der Waals surface area contributed by atoms with Gasteiger partial charge in [0.05, 0.1) is 16.9 Å². The lowest BCUT2D eigenvalue weighted by molar-refractivity contribution is 0.0915. The summed E-state index contributed by atoms with van der Waals surface area (Å²) in [5, 5.41) is 2.86. The maximum atomic E-state index is 12.9. The minimum absolute atomic E-state index is 0.0117. The van der Waals surface area contributed by atoms with Crippen molar-refractivity contribution in [3.63, 3.8) is 0 Å². The van der Waals surface area contributed by atoms with Crippen LogP contribution < -0.4 is 10.9 Å². The van der Waals surface area contributed by atoms with Crippen LogP contribution in [0.3, 0.4) is 0 Å². The molecule has 1 aromatic heterocycles. The number of aryl methyl sites for hydroxylation is 1. The van der Waals surface area contributed by atoms with Crippen LogP contribution in [0.2, 0.25) is 0 Å². The molecule has 1 heterocycles. The van der Waals surface area contributed by atoms with Gasteiger partial charge in [0.1, 0.15) is 0 Å². The summed E-state index contributed by atoms with van der Waals surface area (Å²) in [6.07, 6.45) is 3.74. The molecule has 1 N–H and O–H groups in total. The van der Waals surface area contributed by atoms with Crippen molar-refractivity contribution in [2.24, 2.45) is 11.8 Å². The number of anilines is 1. The molecular formula is C25H23BrN2O3. The van der Waals surface area contributed by atoms with E-state index < -0.39 is 0 Å². The van der Waals surface area contributed by atoms with Crippen LogP contribution >= 0.6 is 15.9 Å². The number of halogens is 1. The summed E-state index contributed by atoms with van der Waals surface area (Å²) in [6.45, 7) is 3.88. The number of Topliss-reactive ketones (excluding diaryl/α,β-unsaturated/α-hetero) is 1. The highest BCUT2D eigenvalue weighted by atomic mass is 79.9. The van der Waals surface area contributed by atoms with Crippen molar-refractivity contribution in [2.45, 2.75) is 26.7 Å². The quantitative estimate of drug-likeness (QED) is 0.482. The Morgan fingerprint density at radius 2 is 1.77 bits per heavy atom. The monoisotopic (exact) mass is 478 g/mol. The van der Waals surface area contributed by atoms with E-state index in [1.54, 1.807) is 18.2 Å². The fraction of sp³-hybridized carbons (Fsp3) is 0.240. The summed E-state index contributed by atoms with van der Waals surface area (Å²) in [5.74, 6) is 0.195. The molecule has 5 nitrogen and oxygen atoms in total. The fourth-order valence-corrected chi connectivity index (χ4v) is 4.03. The molecule has 6 heteroatoms. The van der Waals surface area contributed by atoms with E-state index >= 15 is 0 Å². The molecule has 0 aliphatic heterocycles. The Morgan fingerprint density at radius 3 is 2.48 bits per heavy atom. The summed E-state index contributed by atoms with van der Waals surface area (Å²) in [4.78, 5) is 38.1. The molecule has 1 aliphatic carbocycles. The van der Waals surface area contributed by atoms with Gasteiger partial charge in [-0.3, -0.25) is 19.0 Å². The van der Waals surface area contributed by atoms with Gasteiger partial charge in [0, 0.05) is 28.2 Å². The summed E-state index contributed by atoms with van der Waals surface area (Å²) >= 11 is 3.45. The molecule has 2 aromatic carbocycles. The number of amides is 1. The summed E-state index contributed by atoms with van der Waals surface area (Å²) < 4.78 is 2.15. The number of hydrogen-bond donors (Lipinski definition) is 1. The van der Waals surface area contributed by atoms with Crippen molar-refractivity contribution in [3.8, 4) is 5.69 Å². The van der Waals surface area contributed by atoms with Gasteiger partial charge >= 0.3 is 0 Å². The van der Waals surface area contributed by atoms with E-state index in [2.05, 4.69) is 21.2 Å². The lowest BCUT2D eigenvalue weighted by Crippen LogP contribution is -2.21. The predicted octanol–water partition coefficient (Wildman–Crippen LogP) is 5.39. The number of nitrogens with zero attached hydrogens (tertiary/aromatic N) is 1. The Kier molecular flexibility index (Phi) is 5.92. The van der Waals surface area contributed by atoms with Gasteiger partial charge in [0.15, 0.2) is 5.78 Å². The molecule has 1 aliphatic rings. The first-order chi connectivity index (χ1) is 14.8. The van der Waals surface area contributed by atoms with Crippen molar-refractivity contribution in [1.29, 1.82) is 0 Å². The van der Waals surface area contributed by atoms with Crippen LogP contribution in [0.5, 0.6) is 0 Å². The second kappa shape index (κ2) is 8.63. The standard InChI is InChI=1S/C25H23BrN2O3/c1-15-5-3-4-6-22(15)28-14-19(10-12-23(28)29)25(31)27-21-13-18(9-11-20(21)26)24(30)16(2)17-7-8-17/h3-6,9-14,16-17H,7-8H2,1-2H3,(H,27,31)/t16-/m1/s1. The summed E-state index contributed by atoms with van der Waals surface area (Å²) in [5.41, 5.74) is 2.90. The maximum Gasteiger partial charge on any atom is 0.257 e. The number of benzene rings is 2. The van der Waals surface area contributed by atoms with Crippen molar-refractivity contribution in [2.75, 3.05) is 5.32 Å². The Labute approximate surface area is 189 Å². The van der Waals surface area contributed by atoms with E-state index in [0.717, 1.165) is 24.1 Å². The molecule has 3 aromatic rings. The molecule has 0 spiro atoms. The first kappa shape index (κ1) is 21.2. The minimum atomic E-state index is -0.358. The van der Waals surface area contributed by atoms with Crippen LogP contribution in [0.4, 0.5) is 5.69 Å². The zero-order valence-corrected chi connectivity index (χ0v) is 19.0. The van der Waals surface area contributed by atoms with E-state index in [1.165, 1.54) is 22.9 Å². The highest BCUT2D eigenvalue weighted by Gasteiger charge is 2.33. The maximum absolute atomic E-state index is 12.9. The van der Waals surface area contributed by atoms with Crippen LogP contribution in [-0.4, -0.2) is 16.3 Å². The predicted molar refractivity (Wildman–Crippen MR) is 125 cm³/mol. The highest BCUT2D eigenvalue weighted by Crippen LogP contribution is 2.38. The zero-order chi connectivity index (χ0) is 22.1. The topological polar surface area (TPSA) is 68.2 Å². The number of pyridine rings is 1. The number of carbonyl (C=O) groups is 2. The highest BCUT2D eigenvalue weighted by molar-refractivity contribution is 9.10. The molecule has 0 saturated heterocycles. The van der Waals surface area contributed by atoms with Gasteiger partial charge in [-0.05, 0) is 71.4 Å². The molecule has 0 radical (unpaired) electrons. The van der Waals surface area contributed by atoms with Gasteiger partial charge in [-0.25, -0.2) is 0 Å². The largest absolute Gasteiger partial charge is 0.321 e. The average molecular weight is 479 g/mol. The molecule has 4 rings (SSSR count). The average Bonchev–Trinajstić information content (AvgIpc) is 3.60. The van der Waals surface area contributed by atoms with Crippen LogP contribution in [0.1, 0.15) is 46.0 Å². The molecule has 1 fully saturated rings. The first-order valence-corrected chi connectivity index (χ1v) is 11.1. The molecule has 1 saturated carbocycles. The van der Waals surface area contributed by atoms with E-state index in [1.807, 2.05) is 38.1 Å². The van der Waals surface area contributed by atoms with E-state index in [-0.39, 0.29) is 23.2 Å². The van der Waals surface area contributed by atoms with E-state index in [4.69, 9.17) is 0 Å². The van der Waals surface area contributed by atoms with Crippen molar-refractivity contribution in [3.05, 3.63) is 92.3 Å². The van der Waals surface area contributed by atoms with Gasteiger partial charge in [0.2, 0.25) is 0 Å². The Hall–Kier alpha value is -2.99. The number of ketones is 1. The van der Waals surface area contributed by atoms with Gasteiger partial charge in [-0.15, -0.1) is 0 Å². The zero-order valence-electron chi connectivity index (χ0n) is 17.4. The number of nitrogens with one attached hydrogen (secondary N) is 1. The van der Waals surface area contributed by atoms with Gasteiger partial charge in [-0.2, -0.15) is 0 Å². The number of para-hydroxylation sites is 1. The van der Waals surface area contributed by atoms with Crippen molar-refractivity contribution < 1.29 is 9.59 Å². The Bertz CT molecular complexity index is 1230. The Morgan fingerprint density at radius 1 is 1.06 bits per heavy atom. The number of carbonyl (C=O) groups excluding carboxylic acids is 2. The SMILES string of the molecule is Cc1ccccc1-n1cc(C(=O)Nc2cc(C(=O)[C@H](C)C3CC3)ccc2Br)ccc1=O. The van der Waals surface area contributed by atoms with Gasteiger partial charge < -0.3 is 5.32 Å². The van der Waals surface area contributed by atoms with Crippen LogP contribution in [0.15, 0.2) is 70.1 Å². The molecule has 158 valence electrons. The smallest absolute Gasteiger partial charge is 0.257 e. The molecule has 1 amide bonds. The lowest BCUT2D eigenvalue weighted by Gasteiger charge is -2.13. The van der Waals surface area contributed by atoms with Crippen molar-refractivity contribution in [1.82, 2.24) is 4.57 Å². The van der Waals surface area contributed by atoms with Crippen LogP contribution in [-0.2, 0) is 0 Å². The molecule has 1 atom stereocenters. The van der Waals surface area contributed by atoms with Gasteiger partial charge in [0.25, 0.3) is 11.5 Å². The minimum Gasteiger partial charge on any atom is -0.321 e. The second-order valence-corrected chi connectivity index (χ2v) is 8.91. The Balaban J connectivity index is 1.61. The van der Waals surface area contributed by atoms with E-state index in [0.29, 0.717) is 27.2 Å². The normalized spacial score (nSPS) is 14.2. The number of aromatic nitrogens is 1. The summed E-state index contributed by atoms with van der Waals surface area (Å²) in [7, 11) is 0. The molecule has 31 heavy (non-hydrogen) atoms. The number of hydrogen-bond acceptors (Lipinski definition) is 3. The van der Waals surface area contributed by atoms with Crippen LogP contribution in [0.25, 0.3) is 5.69 Å². The second-order valence-electron chi connectivity index (χ2n) is 8.05. The molecule has 0 bridgehead atoms. The fourth-order valence-electron chi connectivity index (χ4n) is 3.69. The third-order valence-corrected chi connectivity index (χ3v) is 6.48. The van der Waals surface area contributed by atoms with E-state index in [9.17, 15) is 14.4 Å². The van der Waals surface area contributed by atoms with Crippen molar-refractivity contribution >= 4 is 33.3 Å². The third-order valence-electron chi connectivity index (χ3n) is 5.79. The van der Waals surface area contributed by atoms with Gasteiger partial charge in [-0.1, -0.05) is 31.2 Å². The third kappa shape index (κ3) is 4.54. The summed E-state index contributed by atoms with van der Waals surface area (Å²) in [6, 6.07) is 15.6. The lowest BCUT2D eigenvalue weighted by atomic mass is 9.95.